The zero-order valence-electron chi connectivity index (χ0n) is 14.5. The standard InChI is InChI=1S/C17H28N6/c1-4-22(5-2)11-8-18-15-14-12-13(3)19-16(14)21-17(20-15)23-9-6-7-10-23/h12H,4-11H2,1-3H3,(H2,18,19,20,21). The Morgan fingerprint density at radius 2 is 1.96 bits per heavy atom. The molecule has 6 heteroatoms. The maximum atomic E-state index is 4.81. The lowest BCUT2D eigenvalue weighted by molar-refractivity contribution is 0.316. The second kappa shape index (κ2) is 7.17. The van der Waals surface area contributed by atoms with Crippen LogP contribution in [-0.2, 0) is 0 Å². The Labute approximate surface area is 138 Å². The third kappa shape index (κ3) is 3.58. The van der Waals surface area contributed by atoms with Crippen molar-refractivity contribution in [1.29, 1.82) is 0 Å². The number of anilines is 2. The summed E-state index contributed by atoms with van der Waals surface area (Å²) in [6.45, 7) is 12.7. The van der Waals surface area contributed by atoms with E-state index in [2.05, 4.69) is 46.9 Å². The van der Waals surface area contributed by atoms with E-state index in [0.29, 0.717) is 0 Å². The van der Waals surface area contributed by atoms with Gasteiger partial charge in [-0.1, -0.05) is 13.8 Å². The number of hydrogen-bond acceptors (Lipinski definition) is 5. The smallest absolute Gasteiger partial charge is 0.229 e. The van der Waals surface area contributed by atoms with E-state index < -0.39 is 0 Å². The number of H-pyrrole nitrogens is 1. The van der Waals surface area contributed by atoms with E-state index in [0.717, 1.165) is 67.8 Å². The first-order chi connectivity index (χ1) is 11.2. The predicted octanol–water partition coefficient (Wildman–Crippen LogP) is 2.62. The molecule has 0 amide bonds. The van der Waals surface area contributed by atoms with Crippen molar-refractivity contribution in [1.82, 2.24) is 19.9 Å². The quantitative estimate of drug-likeness (QED) is 0.822. The van der Waals surface area contributed by atoms with Crippen LogP contribution in [0.15, 0.2) is 6.07 Å². The van der Waals surface area contributed by atoms with Gasteiger partial charge in [0.2, 0.25) is 5.95 Å². The molecule has 2 N–H and O–H groups in total. The molecule has 0 unspecified atom stereocenters. The number of likely N-dealkylation sites (N-methyl/N-ethyl adjacent to an activating group) is 1. The highest BCUT2D eigenvalue weighted by molar-refractivity contribution is 5.89. The van der Waals surface area contributed by atoms with Crippen LogP contribution in [0.4, 0.5) is 11.8 Å². The molecular formula is C17H28N6. The van der Waals surface area contributed by atoms with Crippen LogP contribution in [0, 0.1) is 6.92 Å². The highest BCUT2D eigenvalue weighted by Gasteiger charge is 2.18. The second-order valence-electron chi connectivity index (χ2n) is 6.23. The predicted molar refractivity (Wildman–Crippen MR) is 96.4 cm³/mol. The third-order valence-electron chi connectivity index (χ3n) is 4.61. The number of fused-ring (bicyclic) bond motifs is 1. The zero-order chi connectivity index (χ0) is 16.2. The number of hydrogen-bond donors (Lipinski definition) is 2. The van der Waals surface area contributed by atoms with Gasteiger partial charge in [0.1, 0.15) is 11.5 Å². The minimum Gasteiger partial charge on any atom is -0.368 e. The molecule has 0 bridgehead atoms. The topological polar surface area (TPSA) is 60.1 Å². The van der Waals surface area contributed by atoms with E-state index in [1.807, 2.05) is 0 Å². The van der Waals surface area contributed by atoms with Gasteiger partial charge in [0.05, 0.1) is 5.39 Å². The van der Waals surface area contributed by atoms with Crippen molar-refractivity contribution in [3.05, 3.63) is 11.8 Å². The summed E-state index contributed by atoms with van der Waals surface area (Å²) in [5, 5.41) is 4.61. The molecule has 2 aromatic rings. The molecule has 0 atom stereocenters. The molecule has 0 saturated carbocycles. The zero-order valence-corrected chi connectivity index (χ0v) is 14.5. The van der Waals surface area contributed by atoms with E-state index in [9.17, 15) is 0 Å². The fourth-order valence-electron chi connectivity index (χ4n) is 3.19. The number of aromatic amines is 1. The van der Waals surface area contributed by atoms with Crippen LogP contribution in [0.5, 0.6) is 0 Å². The van der Waals surface area contributed by atoms with Crippen LogP contribution in [-0.4, -0.2) is 59.1 Å². The Morgan fingerprint density at radius 1 is 1.22 bits per heavy atom. The maximum Gasteiger partial charge on any atom is 0.229 e. The molecule has 126 valence electrons. The molecule has 23 heavy (non-hydrogen) atoms. The van der Waals surface area contributed by atoms with Gasteiger partial charge in [0, 0.05) is 31.9 Å². The van der Waals surface area contributed by atoms with Crippen molar-refractivity contribution < 1.29 is 0 Å². The third-order valence-corrected chi connectivity index (χ3v) is 4.61. The van der Waals surface area contributed by atoms with Gasteiger partial charge in [0.25, 0.3) is 0 Å². The van der Waals surface area contributed by atoms with Crippen molar-refractivity contribution in [3.8, 4) is 0 Å². The molecule has 3 heterocycles. The van der Waals surface area contributed by atoms with Crippen LogP contribution < -0.4 is 10.2 Å². The highest BCUT2D eigenvalue weighted by atomic mass is 15.3. The van der Waals surface area contributed by atoms with Crippen LogP contribution in [0.1, 0.15) is 32.4 Å². The van der Waals surface area contributed by atoms with E-state index >= 15 is 0 Å². The van der Waals surface area contributed by atoms with E-state index in [4.69, 9.17) is 9.97 Å². The van der Waals surface area contributed by atoms with Gasteiger partial charge in [0.15, 0.2) is 0 Å². The van der Waals surface area contributed by atoms with Crippen LogP contribution in [0.25, 0.3) is 11.0 Å². The van der Waals surface area contributed by atoms with Gasteiger partial charge >= 0.3 is 0 Å². The summed E-state index contributed by atoms with van der Waals surface area (Å²) >= 11 is 0. The molecule has 0 aliphatic carbocycles. The fraction of sp³-hybridized carbons (Fsp3) is 0.647. The Kier molecular flexibility index (Phi) is 5.00. The van der Waals surface area contributed by atoms with Crippen molar-refractivity contribution in [2.45, 2.75) is 33.6 Å². The number of aryl methyl sites for hydroxylation is 1. The van der Waals surface area contributed by atoms with E-state index in [1.54, 1.807) is 0 Å². The summed E-state index contributed by atoms with van der Waals surface area (Å²) in [6.07, 6.45) is 2.46. The molecule has 1 fully saturated rings. The molecule has 6 nitrogen and oxygen atoms in total. The monoisotopic (exact) mass is 316 g/mol. The largest absolute Gasteiger partial charge is 0.368 e. The van der Waals surface area contributed by atoms with Crippen LogP contribution in [0.3, 0.4) is 0 Å². The fourth-order valence-corrected chi connectivity index (χ4v) is 3.19. The molecule has 1 saturated heterocycles. The van der Waals surface area contributed by atoms with Crippen molar-refractivity contribution in [3.63, 3.8) is 0 Å². The number of nitrogens with one attached hydrogen (secondary N) is 2. The van der Waals surface area contributed by atoms with Gasteiger partial charge in [-0.3, -0.25) is 0 Å². The van der Waals surface area contributed by atoms with Gasteiger partial charge in [-0.05, 0) is 38.9 Å². The number of aromatic nitrogens is 3. The van der Waals surface area contributed by atoms with Crippen molar-refractivity contribution in [2.75, 3.05) is 49.5 Å². The summed E-state index contributed by atoms with van der Waals surface area (Å²) in [6, 6.07) is 2.13. The Hall–Kier alpha value is -1.82. The molecule has 0 radical (unpaired) electrons. The summed E-state index contributed by atoms with van der Waals surface area (Å²) in [7, 11) is 0. The minimum absolute atomic E-state index is 0.849. The average molecular weight is 316 g/mol. The number of nitrogens with zero attached hydrogens (tertiary/aromatic N) is 4. The molecule has 2 aromatic heterocycles. The van der Waals surface area contributed by atoms with E-state index in [1.165, 1.54) is 12.8 Å². The minimum atomic E-state index is 0.849. The van der Waals surface area contributed by atoms with Gasteiger partial charge in [-0.15, -0.1) is 0 Å². The first-order valence-corrected chi connectivity index (χ1v) is 8.79. The normalized spacial score (nSPS) is 15.0. The Balaban J connectivity index is 1.81. The average Bonchev–Trinajstić information content (AvgIpc) is 3.19. The molecule has 0 spiro atoms. The summed E-state index contributed by atoms with van der Waals surface area (Å²) in [5.74, 6) is 1.80. The Morgan fingerprint density at radius 3 is 2.65 bits per heavy atom. The summed E-state index contributed by atoms with van der Waals surface area (Å²) < 4.78 is 0. The lowest BCUT2D eigenvalue weighted by Gasteiger charge is -2.19. The molecular weight excluding hydrogens is 288 g/mol. The SMILES string of the molecule is CCN(CC)CCNc1nc(N2CCCC2)nc2[nH]c(C)cc12. The maximum absolute atomic E-state index is 4.81. The van der Waals surface area contributed by atoms with E-state index in [-0.39, 0.29) is 0 Å². The highest BCUT2D eigenvalue weighted by Crippen LogP contribution is 2.25. The molecule has 1 aliphatic heterocycles. The Bertz CT molecular complexity index is 640. The lowest BCUT2D eigenvalue weighted by Crippen LogP contribution is -2.29. The van der Waals surface area contributed by atoms with Gasteiger partial charge in [-0.25, -0.2) is 0 Å². The first kappa shape index (κ1) is 16.1. The number of rotatable bonds is 7. The first-order valence-electron chi connectivity index (χ1n) is 8.79. The van der Waals surface area contributed by atoms with Crippen LogP contribution in [0.2, 0.25) is 0 Å². The molecule has 1 aliphatic rings. The molecule has 3 rings (SSSR count). The van der Waals surface area contributed by atoms with Gasteiger partial charge in [-0.2, -0.15) is 9.97 Å². The lowest BCUT2D eigenvalue weighted by atomic mass is 10.3. The van der Waals surface area contributed by atoms with Gasteiger partial charge < -0.3 is 20.1 Å². The van der Waals surface area contributed by atoms with Crippen LogP contribution >= 0.6 is 0 Å². The molecule has 0 aromatic carbocycles. The summed E-state index contributed by atoms with van der Waals surface area (Å²) in [5.41, 5.74) is 2.06. The second-order valence-corrected chi connectivity index (χ2v) is 6.23. The van der Waals surface area contributed by atoms with Crippen molar-refractivity contribution in [2.24, 2.45) is 0 Å². The van der Waals surface area contributed by atoms with Crippen molar-refractivity contribution >= 4 is 22.8 Å². The summed E-state index contributed by atoms with van der Waals surface area (Å²) in [4.78, 5) is 17.6.